The summed E-state index contributed by atoms with van der Waals surface area (Å²) >= 11 is 0. The highest BCUT2D eigenvalue weighted by Gasteiger charge is 2.42. The van der Waals surface area contributed by atoms with Crippen molar-refractivity contribution in [1.82, 2.24) is 5.32 Å². The Morgan fingerprint density at radius 3 is 2.68 bits per heavy atom. The second-order valence-corrected chi connectivity index (χ2v) is 6.35. The molecule has 0 aromatic rings. The fraction of sp³-hybridized carbons (Fsp3) is 1.00. The second kappa shape index (κ2) is 6.08. The van der Waals surface area contributed by atoms with Gasteiger partial charge in [0.15, 0.2) is 0 Å². The third-order valence-corrected chi connectivity index (χ3v) is 4.99. The molecule has 0 bridgehead atoms. The van der Waals surface area contributed by atoms with E-state index < -0.39 is 0 Å². The van der Waals surface area contributed by atoms with Crippen LogP contribution in [0.5, 0.6) is 0 Å². The molecule has 110 valence electrons. The van der Waals surface area contributed by atoms with Gasteiger partial charge in [-0.25, -0.2) is 0 Å². The van der Waals surface area contributed by atoms with E-state index in [4.69, 9.17) is 14.2 Å². The molecule has 3 aliphatic rings. The molecule has 2 heterocycles. The summed E-state index contributed by atoms with van der Waals surface area (Å²) in [5, 5.41) is 3.41. The average Bonchev–Trinajstić information content (AvgIpc) is 2.82. The van der Waals surface area contributed by atoms with E-state index >= 15 is 0 Å². The van der Waals surface area contributed by atoms with E-state index in [1.807, 2.05) is 7.11 Å². The van der Waals surface area contributed by atoms with Crippen molar-refractivity contribution in [2.24, 2.45) is 0 Å². The Hall–Kier alpha value is -0.160. The highest BCUT2D eigenvalue weighted by atomic mass is 16.6. The standard InChI is InChI=1S/C15H27NO3/c1-17-12-3-2-4-13(9-12)19-14-10-15(18-11-14)5-7-16-8-6-15/h12-14,16H,2-11H2,1H3. The fourth-order valence-corrected chi connectivity index (χ4v) is 3.83. The van der Waals surface area contributed by atoms with Crippen LogP contribution in [0.25, 0.3) is 0 Å². The third kappa shape index (κ3) is 3.30. The maximum Gasteiger partial charge on any atom is 0.0840 e. The summed E-state index contributed by atoms with van der Waals surface area (Å²) in [5.41, 5.74) is 0.116. The van der Waals surface area contributed by atoms with E-state index in [0.717, 1.165) is 45.4 Å². The van der Waals surface area contributed by atoms with E-state index in [0.29, 0.717) is 18.3 Å². The SMILES string of the molecule is COC1CCCC(OC2COC3(CCNCC3)C2)C1. The molecule has 2 aliphatic heterocycles. The van der Waals surface area contributed by atoms with Crippen molar-refractivity contribution in [3.8, 4) is 0 Å². The van der Waals surface area contributed by atoms with Gasteiger partial charge in [0.1, 0.15) is 0 Å². The summed E-state index contributed by atoms with van der Waals surface area (Å²) in [6.45, 7) is 2.96. The van der Waals surface area contributed by atoms with Crippen molar-refractivity contribution in [3.05, 3.63) is 0 Å². The molecule has 19 heavy (non-hydrogen) atoms. The maximum absolute atomic E-state index is 6.29. The van der Waals surface area contributed by atoms with E-state index in [-0.39, 0.29) is 5.60 Å². The van der Waals surface area contributed by atoms with Crippen molar-refractivity contribution in [1.29, 1.82) is 0 Å². The van der Waals surface area contributed by atoms with Gasteiger partial charge >= 0.3 is 0 Å². The number of piperidine rings is 1. The summed E-state index contributed by atoms with van der Waals surface area (Å²) in [4.78, 5) is 0. The van der Waals surface area contributed by atoms with Crippen LogP contribution in [0.3, 0.4) is 0 Å². The highest BCUT2D eigenvalue weighted by molar-refractivity contribution is 4.94. The van der Waals surface area contributed by atoms with Crippen LogP contribution < -0.4 is 5.32 Å². The van der Waals surface area contributed by atoms with Gasteiger partial charge in [-0.3, -0.25) is 0 Å². The summed E-state index contributed by atoms with van der Waals surface area (Å²) in [6, 6.07) is 0. The van der Waals surface area contributed by atoms with Crippen molar-refractivity contribution >= 4 is 0 Å². The molecule has 0 amide bonds. The summed E-state index contributed by atoms with van der Waals surface area (Å²) < 4.78 is 17.9. The first-order chi connectivity index (χ1) is 9.30. The lowest BCUT2D eigenvalue weighted by molar-refractivity contribution is -0.0669. The minimum atomic E-state index is 0.116. The van der Waals surface area contributed by atoms with Crippen LogP contribution in [0.1, 0.15) is 44.9 Å². The molecule has 0 aromatic heterocycles. The van der Waals surface area contributed by atoms with Gasteiger partial charge in [-0.05, 0) is 51.6 Å². The number of rotatable bonds is 3. The van der Waals surface area contributed by atoms with Crippen LogP contribution in [0.4, 0.5) is 0 Å². The molecule has 0 aromatic carbocycles. The average molecular weight is 269 g/mol. The molecule has 2 saturated heterocycles. The third-order valence-electron chi connectivity index (χ3n) is 4.99. The number of hydrogen-bond acceptors (Lipinski definition) is 4. The van der Waals surface area contributed by atoms with Gasteiger partial charge in [-0.2, -0.15) is 0 Å². The van der Waals surface area contributed by atoms with Crippen LogP contribution in [-0.4, -0.2) is 50.7 Å². The molecule has 3 atom stereocenters. The molecule has 0 radical (unpaired) electrons. The lowest BCUT2D eigenvalue weighted by atomic mass is 9.88. The van der Waals surface area contributed by atoms with Gasteiger partial charge in [0, 0.05) is 13.5 Å². The van der Waals surface area contributed by atoms with Gasteiger partial charge < -0.3 is 19.5 Å². The monoisotopic (exact) mass is 269 g/mol. The predicted molar refractivity (Wildman–Crippen MR) is 73.3 cm³/mol. The van der Waals surface area contributed by atoms with E-state index in [1.165, 1.54) is 19.3 Å². The molecule has 3 unspecified atom stereocenters. The first-order valence-corrected chi connectivity index (χ1v) is 7.83. The molecule has 4 heteroatoms. The molecule has 1 aliphatic carbocycles. The second-order valence-electron chi connectivity index (χ2n) is 6.35. The summed E-state index contributed by atoms with van der Waals surface area (Å²) in [5.74, 6) is 0. The van der Waals surface area contributed by atoms with Gasteiger partial charge in [-0.1, -0.05) is 0 Å². The van der Waals surface area contributed by atoms with Crippen molar-refractivity contribution < 1.29 is 14.2 Å². The minimum Gasteiger partial charge on any atom is -0.381 e. The number of methoxy groups -OCH3 is 1. The summed E-state index contributed by atoms with van der Waals surface area (Å²) in [6.07, 6.45) is 9.10. The Balaban J connectivity index is 1.48. The Kier molecular flexibility index (Phi) is 4.42. The van der Waals surface area contributed by atoms with Crippen LogP contribution in [0, 0.1) is 0 Å². The highest BCUT2D eigenvalue weighted by Crippen LogP contribution is 2.36. The van der Waals surface area contributed by atoms with Crippen LogP contribution >= 0.6 is 0 Å². The van der Waals surface area contributed by atoms with E-state index in [9.17, 15) is 0 Å². The smallest absolute Gasteiger partial charge is 0.0840 e. The first-order valence-electron chi connectivity index (χ1n) is 7.83. The van der Waals surface area contributed by atoms with Crippen LogP contribution in [0.15, 0.2) is 0 Å². The molecule has 1 spiro atoms. The van der Waals surface area contributed by atoms with Gasteiger partial charge in [0.2, 0.25) is 0 Å². The van der Waals surface area contributed by atoms with Gasteiger partial charge in [0.05, 0.1) is 30.5 Å². The first kappa shape index (κ1) is 13.8. The van der Waals surface area contributed by atoms with Crippen molar-refractivity contribution in [2.75, 3.05) is 26.8 Å². The number of nitrogens with one attached hydrogen (secondary N) is 1. The van der Waals surface area contributed by atoms with Crippen molar-refractivity contribution in [3.63, 3.8) is 0 Å². The largest absolute Gasteiger partial charge is 0.381 e. The molecular weight excluding hydrogens is 242 g/mol. The normalized spacial score (nSPS) is 38.7. The lowest BCUT2D eigenvalue weighted by Gasteiger charge is -2.33. The Labute approximate surface area is 116 Å². The Morgan fingerprint density at radius 2 is 1.89 bits per heavy atom. The van der Waals surface area contributed by atoms with Crippen molar-refractivity contribution in [2.45, 2.75) is 68.9 Å². The minimum absolute atomic E-state index is 0.116. The predicted octanol–water partition coefficient (Wildman–Crippen LogP) is 1.87. The van der Waals surface area contributed by atoms with Crippen LogP contribution in [-0.2, 0) is 14.2 Å². The molecule has 1 N–H and O–H groups in total. The zero-order chi connectivity index (χ0) is 13.1. The zero-order valence-corrected chi connectivity index (χ0v) is 12.0. The zero-order valence-electron chi connectivity index (χ0n) is 12.0. The summed E-state index contributed by atoms with van der Waals surface area (Å²) in [7, 11) is 1.82. The quantitative estimate of drug-likeness (QED) is 0.849. The molecular formula is C15H27NO3. The van der Waals surface area contributed by atoms with Gasteiger partial charge in [0.25, 0.3) is 0 Å². The van der Waals surface area contributed by atoms with E-state index in [2.05, 4.69) is 5.32 Å². The number of ether oxygens (including phenoxy) is 3. The maximum atomic E-state index is 6.29. The van der Waals surface area contributed by atoms with Crippen LogP contribution in [0.2, 0.25) is 0 Å². The lowest BCUT2D eigenvalue weighted by Crippen LogP contribution is -2.41. The Bertz CT molecular complexity index is 291. The molecule has 3 fully saturated rings. The van der Waals surface area contributed by atoms with E-state index in [1.54, 1.807) is 0 Å². The van der Waals surface area contributed by atoms with Gasteiger partial charge in [-0.15, -0.1) is 0 Å². The fourth-order valence-electron chi connectivity index (χ4n) is 3.83. The topological polar surface area (TPSA) is 39.7 Å². The molecule has 4 nitrogen and oxygen atoms in total. The number of hydrogen-bond donors (Lipinski definition) is 1. The Morgan fingerprint density at radius 1 is 1.11 bits per heavy atom. The molecule has 1 saturated carbocycles. The molecule has 3 rings (SSSR count).